The zero-order valence-electron chi connectivity index (χ0n) is 19.7. The van der Waals surface area contributed by atoms with Crippen molar-refractivity contribution in [3.63, 3.8) is 0 Å². The van der Waals surface area contributed by atoms with Crippen LogP contribution in [0.1, 0.15) is 37.7 Å². The Balaban J connectivity index is 1.72. The minimum atomic E-state index is -3.79. The number of hydrogen-bond donors (Lipinski definition) is 1. The van der Waals surface area contributed by atoms with Crippen LogP contribution in [0.25, 0.3) is 0 Å². The average Bonchev–Trinajstić information content (AvgIpc) is 2.84. The molecule has 1 aliphatic carbocycles. The van der Waals surface area contributed by atoms with Gasteiger partial charge in [-0.1, -0.05) is 45.2 Å². The van der Waals surface area contributed by atoms with Crippen LogP contribution in [0.3, 0.4) is 0 Å². The monoisotopic (exact) mass is 604 g/mol. The summed E-state index contributed by atoms with van der Waals surface area (Å²) in [6.07, 6.45) is 3.81. The van der Waals surface area contributed by atoms with E-state index in [0.29, 0.717) is 35.3 Å². The van der Waals surface area contributed by atoms with Crippen molar-refractivity contribution in [1.29, 1.82) is 0 Å². The molecule has 0 saturated heterocycles. The van der Waals surface area contributed by atoms with Crippen LogP contribution in [0.2, 0.25) is 10.0 Å². The molecule has 2 aromatic carbocycles. The molecular formula is C25H31BrCl2N2O4S. The summed E-state index contributed by atoms with van der Waals surface area (Å²) in [4.78, 5) is 12.7. The van der Waals surface area contributed by atoms with Gasteiger partial charge in [0, 0.05) is 59.4 Å². The number of benzene rings is 2. The van der Waals surface area contributed by atoms with Crippen LogP contribution < -0.4 is 5.32 Å². The fourth-order valence-electron chi connectivity index (χ4n) is 4.33. The molecule has 10 heteroatoms. The van der Waals surface area contributed by atoms with Gasteiger partial charge in [0.1, 0.15) is 0 Å². The Morgan fingerprint density at radius 3 is 2.31 bits per heavy atom. The average molecular weight is 606 g/mol. The molecule has 1 fully saturated rings. The molecule has 0 aliphatic heterocycles. The number of sulfonamides is 1. The highest BCUT2D eigenvalue weighted by Crippen LogP contribution is 2.33. The van der Waals surface area contributed by atoms with Crippen LogP contribution in [0, 0.1) is 11.8 Å². The van der Waals surface area contributed by atoms with Gasteiger partial charge >= 0.3 is 0 Å². The van der Waals surface area contributed by atoms with E-state index in [4.69, 9.17) is 27.9 Å². The largest absolute Gasteiger partial charge is 0.385 e. The predicted octanol–water partition coefficient (Wildman–Crippen LogP) is 5.91. The first-order valence-corrected chi connectivity index (χ1v) is 14.7. The van der Waals surface area contributed by atoms with Crippen LogP contribution >= 0.6 is 39.1 Å². The van der Waals surface area contributed by atoms with E-state index in [1.165, 1.54) is 4.31 Å². The van der Waals surface area contributed by atoms with Crippen LogP contribution in [-0.4, -0.2) is 45.4 Å². The Morgan fingerprint density at radius 1 is 1.09 bits per heavy atom. The quantitative estimate of drug-likeness (QED) is 0.323. The Bertz CT molecular complexity index is 1070. The van der Waals surface area contributed by atoms with Crippen molar-refractivity contribution < 1.29 is 17.9 Å². The van der Waals surface area contributed by atoms with Gasteiger partial charge in [-0.3, -0.25) is 4.79 Å². The molecule has 0 radical (unpaired) electrons. The number of ether oxygens (including phenoxy) is 1. The van der Waals surface area contributed by atoms with E-state index < -0.39 is 10.0 Å². The van der Waals surface area contributed by atoms with Gasteiger partial charge < -0.3 is 10.1 Å². The normalized spacial score (nSPS) is 18.5. The number of carbonyl (C=O) groups is 1. The minimum absolute atomic E-state index is 0.0386. The molecule has 0 aromatic heterocycles. The van der Waals surface area contributed by atoms with Crippen molar-refractivity contribution in [1.82, 2.24) is 9.62 Å². The van der Waals surface area contributed by atoms with E-state index in [1.807, 2.05) is 0 Å². The van der Waals surface area contributed by atoms with Gasteiger partial charge in [-0.25, -0.2) is 8.42 Å². The first kappa shape index (κ1) is 28.4. The summed E-state index contributed by atoms with van der Waals surface area (Å²) in [6, 6.07) is 11.8. The third kappa shape index (κ3) is 7.91. The molecule has 1 saturated carbocycles. The Kier molecular flexibility index (Phi) is 10.9. The Labute approximate surface area is 226 Å². The van der Waals surface area contributed by atoms with Gasteiger partial charge in [0.15, 0.2) is 0 Å². The maximum atomic E-state index is 13.6. The lowest BCUT2D eigenvalue weighted by Crippen LogP contribution is -2.38. The molecule has 0 heterocycles. The lowest BCUT2D eigenvalue weighted by molar-refractivity contribution is -0.126. The van der Waals surface area contributed by atoms with E-state index in [-0.39, 0.29) is 29.2 Å². The summed E-state index contributed by atoms with van der Waals surface area (Å²) in [6.45, 7) is 1.63. The molecule has 2 aromatic rings. The van der Waals surface area contributed by atoms with Gasteiger partial charge in [-0.2, -0.15) is 4.31 Å². The third-order valence-corrected chi connectivity index (χ3v) is 9.41. The van der Waals surface area contributed by atoms with E-state index in [1.54, 1.807) is 49.6 Å². The molecule has 6 nitrogen and oxygen atoms in total. The van der Waals surface area contributed by atoms with Crippen molar-refractivity contribution in [3.05, 3.63) is 62.5 Å². The molecule has 1 aliphatic rings. The molecule has 1 N–H and O–H groups in total. The standard InChI is InChI=1S/C25H31BrCl2N2O4S/c1-34-15-3-14-29-25(31)19-8-6-18(7-9-19)16-30(17-22-23(27)4-2-5-24(22)28)35(32,33)21-12-10-20(26)11-13-21/h2,4-5,10-13,18-19H,3,6-9,14-17H2,1H3,(H,29,31). The van der Waals surface area contributed by atoms with Crippen LogP contribution in [0.4, 0.5) is 0 Å². The van der Waals surface area contributed by atoms with Crippen LogP contribution in [-0.2, 0) is 26.1 Å². The number of hydrogen-bond acceptors (Lipinski definition) is 4. The van der Waals surface area contributed by atoms with E-state index in [9.17, 15) is 13.2 Å². The number of carbonyl (C=O) groups excluding carboxylic acids is 1. The number of nitrogens with zero attached hydrogens (tertiary/aromatic N) is 1. The predicted molar refractivity (Wildman–Crippen MR) is 143 cm³/mol. The van der Waals surface area contributed by atoms with Gasteiger partial charge in [0.05, 0.1) is 4.90 Å². The lowest BCUT2D eigenvalue weighted by atomic mass is 9.81. The Morgan fingerprint density at radius 2 is 1.71 bits per heavy atom. The summed E-state index contributed by atoms with van der Waals surface area (Å²) >= 11 is 16.1. The maximum Gasteiger partial charge on any atom is 0.243 e. The molecule has 0 spiro atoms. The zero-order chi connectivity index (χ0) is 25.4. The fraction of sp³-hybridized carbons (Fsp3) is 0.480. The smallest absolute Gasteiger partial charge is 0.243 e. The van der Waals surface area contributed by atoms with E-state index in [0.717, 1.165) is 36.6 Å². The van der Waals surface area contributed by atoms with Crippen LogP contribution in [0.5, 0.6) is 0 Å². The summed E-state index contributed by atoms with van der Waals surface area (Å²) < 4.78 is 34.6. The van der Waals surface area contributed by atoms with Crippen molar-refractivity contribution in [2.24, 2.45) is 11.8 Å². The van der Waals surface area contributed by atoms with Crippen molar-refractivity contribution in [2.45, 2.75) is 43.5 Å². The molecule has 192 valence electrons. The lowest BCUT2D eigenvalue weighted by Gasteiger charge is -2.32. The number of halogens is 3. The van der Waals surface area contributed by atoms with Gasteiger partial charge in [0.2, 0.25) is 15.9 Å². The van der Waals surface area contributed by atoms with Crippen molar-refractivity contribution in [3.8, 4) is 0 Å². The Hall–Kier alpha value is -1.16. The topological polar surface area (TPSA) is 75.7 Å². The number of rotatable bonds is 11. The second-order valence-electron chi connectivity index (χ2n) is 8.81. The molecule has 3 rings (SSSR count). The highest BCUT2D eigenvalue weighted by Gasteiger charge is 2.32. The molecular weight excluding hydrogens is 575 g/mol. The van der Waals surface area contributed by atoms with Gasteiger partial charge in [-0.15, -0.1) is 0 Å². The molecule has 1 amide bonds. The molecule has 35 heavy (non-hydrogen) atoms. The second kappa shape index (κ2) is 13.4. The van der Waals surface area contributed by atoms with E-state index >= 15 is 0 Å². The molecule has 0 atom stereocenters. The number of amides is 1. The SMILES string of the molecule is COCCCNC(=O)C1CCC(CN(Cc2c(Cl)cccc2Cl)S(=O)(=O)c2ccc(Br)cc2)CC1. The summed E-state index contributed by atoms with van der Waals surface area (Å²) in [5, 5.41) is 3.85. The van der Waals surface area contributed by atoms with Gasteiger partial charge in [0.25, 0.3) is 0 Å². The fourth-order valence-corrected chi connectivity index (χ4v) is 6.60. The number of methoxy groups -OCH3 is 1. The van der Waals surface area contributed by atoms with Crippen molar-refractivity contribution >= 4 is 55.1 Å². The highest BCUT2D eigenvalue weighted by molar-refractivity contribution is 9.10. The summed E-state index contributed by atoms with van der Waals surface area (Å²) in [7, 11) is -2.15. The first-order chi connectivity index (χ1) is 16.7. The van der Waals surface area contributed by atoms with Crippen LogP contribution in [0.15, 0.2) is 51.8 Å². The number of nitrogens with one attached hydrogen (secondary N) is 1. The summed E-state index contributed by atoms with van der Waals surface area (Å²) in [5.74, 6) is 0.170. The molecule has 0 unspecified atom stereocenters. The van der Waals surface area contributed by atoms with Gasteiger partial charge in [-0.05, 0) is 74.4 Å². The maximum absolute atomic E-state index is 13.6. The zero-order valence-corrected chi connectivity index (χ0v) is 23.6. The highest BCUT2D eigenvalue weighted by atomic mass is 79.9. The second-order valence-corrected chi connectivity index (χ2v) is 12.5. The third-order valence-electron chi connectivity index (χ3n) is 6.35. The van der Waals surface area contributed by atoms with Crippen molar-refractivity contribution in [2.75, 3.05) is 26.8 Å². The molecule has 0 bridgehead atoms. The summed E-state index contributed by atoms with van der Waals surface area (Å²) in [5.41, 5.74) is 0.584. The van der Waals surface area contributed by atoms with E-state index in [2.05, 4.69) is 21.2 Å². The first-order valence-electron chi connectivity index (χ1n) is 11.7. The minimum Gasteiger partial charge on any atom is -0.385 e.